The number of morpholine rings is 1. The van der Waals surface area contributed by atoms with Crippen molar-refractivity contribution < 1.29 is 17.9 Å². The molecular formula is C21H26N2O4S2. The van der Waals surface area contributed by atoms with E-state index in [1.165, 1.54) is 9.87 Å². The van der Waals surface area contributed by atoms with Gasteiger partial charge in [0, 0.05) is 25.2 Å². The molecule has 2 aliphatic heterocycles. The van der Waals surface area contributed by atoms with Crippen LogP contribution in [0.3, 0.4) is 0 Å². The molecule has 0 bridgehead atoms. The molecular weight excluding hydrogens is 408 g/mol. The number of sulfonamides is 1. The molecule has 0 aliphatic carbocycles. The van der Waals surface area contributed by atoms with Crippen LogP contribution in [-0.2, 0) is 14.8 Å². The van der Waals surface area contributed by atoms with Crippen LogP contribution in [0.2, 0.25) is 0 Å². The maximum atomic E-state index is 13.1. The third kappa shape index (κ3) is 4.12. The first-order valence-corrected chi connectivity index (χ1v) is 12.3. The fraction of sp³-hybridized carbons (Fsp3) is 0.476. The lowest BCUT2D eigenvalue weighted by Gasteiger charge is -2.34. The molecule has 4 rings (SSSR count). The van der Waals surface area contributed by atoms with E-state index in [2.05, 4.69) is 11.4 Å². The van der Waals surface area contributed by atoms with E-state index in [1.54, 1.807) is 35.6 Å². The van der Waals surface area contributed by atoms with E-state index in [0.717, 1.165) is 19.4 Å². The standard InChI is InChI=1S/C21H26N2O4S2/c1-15-12-22(13-16(2)27-15)29(25,26)19-7-5-17(6-8-19)21(24)23-10-3-4-20(23)18-9-11-28-14-18/h5-9,11,14-16,20H,3-4,10,12-13H2,1-2H3/t15-,16+,20-/m0/s1. The lowest BCUT2D eigenvalue weighted by molar-refractivity contribution is -0.0440. The second kappa shape index (κ2) is 8.18. The summed E-state index contributed by atoms with van der Waals surface area (Å²) in [6.07, 6.45) is 1.66. The van der Waals surface area contributed by atoms with Crippen molar-refractivity contribution >= 4 is 27.3 Å². The number of hydrogen-bond acceptors (Lipinski definition) is 5. The molecule has 0 unspecified atom stereocenters. The first-order chi connectivity index (χ1) is 13.9. The molecule has 3 heterocycles. The summed E-state index contributed by atoms with van der Waals surface area (Å²) in [5.74, 6) is -0.0451. The van der Waals surface area contributed by atoms with Crippen LogP contribution in [0.5, 0.6) is 0 Å². The van der Waals surface area contributed by atoms with Crippen LogP contribution < -0.4 is 0 Å². The average molecular weight is 435 g/mol. The Morgan fingerprint density at radius 2 is 1.79 bits per heavy atom. The van der Waals surface area contributed by atoms with Crippen LogP contribution >= 0.6 is 11.3 Å². The number of thiophene rings is 1. The van der Waals surface area contributed by atoms with E-state index < -0.39 is 10.0 Å². The number of carbonyl (C=O) groups is 1. The van der Waals surface area contributed by atoms with E-state index in [-0.39, 0.29) is 29.1 Å². The summed E-state index contributed by atoms with van der Waals surface area (Å²) in [5, 5.41) is 4.12. The summed E-state index contributed by atoms with van der Waals surface area (Å²) in [6, 6.07) is 8.53. The number of ether oxygens (including phenoxy) is 1. The van der Waals surface area contributed by atoms with Crippen LogP contribution in [-0.4, -0.2) is 55.4 Å². The van der Waals surface area contributed by atoms with Gasteiger partial charge in [0.05, 0.1) is 23.1 Å². The molecule has 0 saturated carbocycles. The van der Waals surface area contributed by atoms with Crippen molar-refractivity contribution in [1.29, 1.82) is 0 Å². The highest BCUT2D eigenvalue weighted by Gasteiger charge is 2.33. The molecule has 2 saturated heterocycles. The number of amides is 1. The van der Waals surface area contributed by atoms with E-state index in [9.17, 15) is 13.2 Å². The molecule has 1 amide bonds. The van der Waals surface area contributed by atoms with Crippen LogP contribution in [0.4, 0.5) is 0 Å². The maximum Gasteiger partial charge on any atom is 0.254 e. The van der Waals surface area contributed by atoms with E-state index in [0.29, 0.717) is 18.7 Å². The van der Waals surface area contributed by atoms with E-state index >= 15 is 0 Å². The van der Waals surface area contributed by atoms with Crippen molar-refractivity contribution in [2.45, 2.75) is 49.8 Å². The molecule has 0 spiro atoms. The van der Waals surface area contributed by atoms with Crippen LogP contribution in [0, 0.1) is 0 Å². The lowest BCUT2D eigenvalue weighted by atomic mass is 10.1. The Morgan fingerprint density at radius 3 is 2.41 bits per heavy atom. The Kier molecular flexibility index (Phi) is 5.79. The average Bonchev–Trinajstić information content (AvgIpc) is 3.38. The molecule has 29 heavy (non-hydrogen) atoms. The Labute approximate surface area is 176 Å². The Morgan fingerprint density at radius 1 is 1.10 bits per heavy atom. The van der Waals surface area contributed by atoms with Crippen molar-refractivity contribution in [3.05, 3.63) is 52.2 Å². The molecule has 2 aromatic rings. The first kappa shape index (κ1) is 20.5. The zero-order chi connectivity index (χ0) is 20.6. The third-order valence-corrected chi connectivity index (χ3v) is 8.11. The molecule has 1 aromatic heterocycles. The minimum atomic E-state index is -3.61. The van der Waals surface area contributed by atoms with Gasteiger partial charge in [0.15, 0.2) is 0 Å². The van der Waals surface area contributed by atoms with Gasteiger partial charge < -0.3 is 9.64 Å². The van der Waals surface area contributed by atoms with E-state index in [1.807, 2.05) is 24.1 Å². The molecule has 0 radical (unpaired) electrons. The normalized spacial score (nSPS) is 26.0. The van der Waals surface area contributed by atoms with Gasteiger partial charge in [-0.1, -0.05) is 0 Å². The molecule has 2 fully saturated rings. The van der Waals surface area contributed by atoms with Crippen LogP contribution in [0.25, 0.3) is 0 Å². The van der Waals surface area contributed by atoms with Crippen molar-refractivity contribution in [3.63, 3.8) is 0 Å². The molecule has 2 aliphatic rings. The van der Waals surface area contributed by atoms with Gasteiger partial charge in [0.1, 0.15) is 0 Å². The molecule has 1 aromatic carbocycles. The zero-order valence-electron chi connectivity index (χ0n) is 16.7. The van der Waals surface area contributed by atoms with Gasteiger partial charge in [0.2, 0.25) is 10.0 Å². The Balaban J connectivity index is 1.52. The smallest absolute Gasteiger partial charge is 0.254 e. The molecule has 6 nitrogen and oxygen atoms in total. The first-order valence-electron chi connectivity index (χ1n) is 9.95. The quantitative estimate of drug-likeness (QED) is 0.738. The third-order valence-electron chi connectivity index (χ3n) is 5.57. The molecule has 8 heteroatoms. The van der Waals surface area contributed by atoms with Gasteiger partial charge in [-0.15, -0.1) is 0 Å². The number of hydrogen-bond donors (Lipinski definition) is 0. The molecule has 0 N–H and O–H groups in total. The summed E-state index contributed by atoms with van der Waals surface area (Å²) in [5.41, 5.74) is 1.70. The second-order valence-corrected chi connectivity index (χ2v) is 10.5. The predicted molar refractivity (Wildman–Crippen MR) is 113 cm³/mol. The predicted octanol–water partition coefficient (Wildman–Crippen LogP) is 3.52. The fourth-order valence-corrected chi connectivity index (χ4v) is 6.53. The van der Waals surface area contributed by atoms with Crippen molar-refractivity contribution in [2.24, 2.45) is 0 Å². The van der Waals surface area contributed by atoms with Gasteiger partial charge in [-0.05, 0) is 73.3 Å². The SMILES string of the molecule is C[C@@H]1CN(S(=O)(=O)c2ccc(C(=O)N3CCC[C@H]3c3ccsc3)cc2)C[C@H](C)O1. The highest BCUT2D eigenvalue weighted by Crippen LogP contribution is 2.34. The summed E-state index contributed by atoms with van der Waals surface area (Å²) in [4.78, 5) is 15.2. The molecule has 3 atom stereocenters. The maximum absolute atomic E-state index is 13.1. The number of carbonyl (C=O) groups excluding carboxylic acids is 1. The number of likely N-dealkylation sites (tertiary alicyclic amines) is 1. The monoisotopic (exact) mass is 434 g/mol. The largest absolute Gasteiger partial charge is 0.373 e. The van der Waals surface area contributed by atoms with E-state index in [4.69, 9.17) is 4.74 Å². The minimum absolute atomic E-state index is 0.0451. The number of nitrogens with zero attached hydrogens (tertiary/aromatic N) is 2. The van der Waals surface area contributed by atoms with Gasteiger partial charge in [0.25, 0.3) is 5.91 Å². The van der Waals surface area contributed by atoms with Crippen LogP contribution in [0.15, 0.2) is 46.0 Å². The Bertz CT molecular complexity index is 947. The zero-order valence-corrected chi connectivity index (χ0v) is 18.3. The lowest BCUT2D eigenvalue weighted by Crippen LogP contribution is -2.48. The highest BCUT2D eigenvalue weighted by molar-refractivity contribution is 7.89. The summed E-state index contributed by atoms with van der Waals surface area (Å²) >= 11 is 1.64. The topological polar surface area (TPSA) is 66.9 Å². The van der Waals surface area contributed by atoms with Gasteiger partial charge in [-0.3, -0.25) is 4.79 Å². The molecule has 156 valence electrons. The highest BCUT2D eigenvalue weighted by atomic mass is 32.2. The summed E-state index contributed by atoms with van der Waals surface area (Å²) in [7, 11) is -3.61. The van der Waals surface area contributed by atoms with Crippen LogP contribution in [0.1, 0.15) is 48.7 Å². The van der Waals surface area contributed by atoms with Gasteiger partial charge in [-0.2, -0.15) is 15.6 Å². The van der Waals surface area contributed by atoms with Crippen molar-refractivity contribution in [2.75, 3.05) is 19.6 Å². The summed E-state index contributed by atoms with van der Waals surface area (Å²) < 4.78 is 33.1. The minimum Gasteiger partial charge on any atom is -0.373 e. The Hall–Kier alpha value is -1.74. The number of benzene rings is 1. The van der Waals surface area contributed by atoms with Gasteiger partial charge in [-0.25, -0.2) is 8.42 Å². The fourth-order valence-electron chi connectivity index (χ4n) is 4.23. The second-order valence-electron chi connectivity index (χ2n) is 7.82. The van der Waals surface area contributed by atoms with Crippen molar-refractivity contribution in [1.82, 2.24) is 9.21 Å². The van der Waals surface area contributed by atoms with Crippen molar-refractivity contribution in [3.8, 4) is 0 Å². The number of rotatable bonds is 4. The summed E-state index contributed by atoms with van der Waals surface area (Å²) in [6.45, 7) is 5.15. The van der Waals surface area contributed by atoms with Gasteiger partial charge >= 0.3 is 0 Å².